The Morgan fingerprint density at radius 1 is 1.14 bits per heavy atom. The number of carbonyl (C=O) groups excluding carboxylic acids is 1. The van der Waals surface area contributed by atoms with Crippen molar-refractivity contribution in [3.8, 4) is 0 Å². The van der Waals surface area contributed by atoms with Crippen LogP contribution in [0.1, 0.15) is 23.2 Å². The largest absolute Gasteiger partial charge is 0.333 e. The number of Topliss-reactive ketones (excluding diaryl/α,β-unsaturated/α-hetero) is 1. The predicted molar refractivity (Wildman–Crippen MR) is 112 cm³/mol. The molecule has 1 aromatic carbocycles. The van der Waals surface area contributed by atoms with Crippen LogP contribution in [0.25, 0.3) is 0 Å². The summed E-state index contributed by atoms with van der Waals surface area (Å²) in [7, 11) is -2.81. The first-order valence-corrected chi connectivity index (χ1v) is 12.1. The Morgan fingerprint density at radius 3 is 2.41 bits per heavy atom. The van der Waals surface area contributed by atoms with Crippen LogP contribution in [0.5, 0.6) is 0 Å². The van der Waals surface area contributed by atoms with Crippen molar-refractivity contribution in [2.75, 3.05) is 31.1 Å². The Labute approximate surface area is 172 Å². The summed E-state index contributed by atoms with van der Waals surface area (Å²) in [5, 5.41) is 0. The van der Waals surface area contributed by atoms with E-state index in [4.69, 9.17) is 0 Å². The molecule has 4 nitrogen and oxygen atoms in total. The molecule has 1 aliphatic heterocycles. The van der Waals surface area contributed by atoms with Gasteiger partial charge < -0.3 is 4.90 Å². The summed E-state index contributed by atoms with van der Waals surface area (Å²) >= 11 is 6.73. The van der Waals surface area contributed by atoms with Crippen LogP contribution in [-0.2, 0) is 9.84 Å². The van der Waals surface area contributed by atoms with Crippen LogP contribution in [0.15, 0.2) is 12.1 Å². The van der Waals surface area contributed by atoms with E-state index in [0.717, 1.165) is 29.2 Å². The Kier molecular flexibility index (Phi) is 7.36. The van der Waals surface area contributed by atoms with Crippen LogP contribution in [0.4, 0.5) is 0 Å². The van der Waals surface area contributed by atoms with Gasteiger partial charge >= 0.3 is 0 Å². The van der Waals surface area contributed by atoms with Crippen molar-refractivity contribution in [3.05, 3.63) is 28.4 Å². The number of ketones is 1. The zero-order valence-electron chi connectivity index (χ0n) is 11.9. The molecule has 1 heterocycles. The maximum atomic E-state index is 12.4. The van der Waals surface area contributed by atoms with Crippen LogP contribution < -0.4 is 4.90 Å². The molecule has 0 bridgehead atoms. The second kappa shape index (κ2) is 8.39. The van der Waals surface area contributed by atoms with Gasteiger partial charge in [-0.3, -0.25) is 4.79 Å². The Balaban J connectivity index is 1.86. The average Bonchev–Trinajstić information content (AvgIpc) is 2.44. The molecule has 0 spiro atoms. The molecule has 1 fully saturated rings. The van der Waals surface area contributed by atoms with Crippen LogP contribution in [0.2, 0.25) is 0 Å². The molecular weight excluding hydrogens is 643 g/mol. The lowest BCUT2D eigenvalue weighted by Gasteiger charge is -2.23. The van der Waals surface area contributed by atoms with Crippen molar-refractivity contribution in [1.82, 2.24) is 0 Å². The number of halogens is 3. The maximum absolute atomic E-state index is 12.4. The smallest absolute Gasteiger partial charge is 0.164 e. The van der Waals surface area contributed by atoms with Gasteiger partial charge in [0.05, 0.1) is 31.1 Å². The Bertz CT molecular complexity index is 662. The van der Waals surface area contributed by atoms with Gasteiger partial charge in [-0.15, -0.1) is 0 Å². The minimum Gasteiger partial charge on any atom is -0.333 e. The lowest BCUT2D eigenvalue weighted by molar-refractivity contribution is -0.896. The fraction of sp³-hybridized carbons (Fsp3) is 0.500. The fourth-order valence-corrected chi connectivity index (χ4v) is 6.33. The van der Waals surface area contributed by atoms with Gasteiger partial charge in [0.15, 0.2) is 15.6 Å². The Hall–Kier alpha value is 0.990. The highest BCUT2D eigenvalue weighted by Gasteiger charge is 2.24. The van der Waals surface area contributed by atoms with Crippen LogP contribution in [0, 0.1) is 10.7 Å². The standard InChI is InChI=1S/C14H16I3NO3S/c15-10-8-11(14(17)12(16)9-10)13(19)2-1-3-18-4-6-22(20,21)7-5-18/h8-9H,1-7H2/p+1. The molecule has 1 aromatic rings. The first-order chi connectivity index (χ1) is 10.3. The second-order valence-electron chi connectivity index (χ2n) is 5.43. The van der Waals surface area contributed by atoms with Crippen molar-refractivity contribution >= 4 is 83.4 Å². The summed E-state index contributed by atoms with van der Waals surface area (Å²) < 4.78 is 26.0. The minimum absolute atomic E-state index is 0.185. The molecule has 0 aromatic heterocycles. The number of hydrogen-bond donors (Lipinski definition) is 1. The molecule has 0 saturated carbocycles. The van der Waals surface area contributed by atoms with Gasteiger partial charge in [0.1, 0.15) is 0 Å². The minimum atomic E-state index is -2.81. The molecule has 122 valence electrons. The van der Waals surface area contributed by atoms with Crippen LogP contribution in [-0.4, -0.2) is 45.3 Å². The van der Waals surface area contributed by atoms with E-state index in [1.807, 2.05) is 6.07 Å². The number of carbonyl (C=O) groups is 1. The Morgan fingerprint density at radius 2 is 1.77 bits per heavy atom. The molecule has 0 radical (unpaired) electrons. The molecule has 0 atom stereocenters. The summed E-state index contributed by atoms with van der Waals surface area (Å²) in [6.07, 6.45) is 1.34. The third-order valence-corrected chi connectivity index (χ3v) is 9.08. The van der Waals surface area contributed by atoms with Crippen molar-refractivity contribution < 1.29 is 18.1 Å². The summed E-state index contributed by atoms with van der Waals surface area (Å²) in [6, 6.07) is 4.02. The molecule has 22 heavy (non-hydrogen) atoms. The molecule has 0 unspecified atom stereocenters. The lowest BCUT2D eigenvalue weighted by atomic mass is 10.1. The number of rotatable bonds is 5. The molecule has 1 aliphatic rings. The van der Waals surface area contributed by atoms with E-state index in [1.165, 1.54) is 4.90 Å². The van der Waals surface area contributed by atoms with Crippen molar-refractivity contribution in [3.63, 3.8) is 0 Å². The monoisotopic (exact) mass is 660 g/mol. The number of benzene rings is 1. The third-order valence-electron chi connectivity index (χ3n) is 3.76. The van der Waals surface area contributed by atoms with Crippen LogP contribution >= 0.6 is 67.8 Å². The quantitative estimate of drug-likeness (QED) is 0.298. The van der Waals surface area contributed by atoms with Crippen molar-refractivity contribution in [2.24, 2.45) is 0 Å². The number of nitrogens with one attached hydrogen (secondary N) is 1. The highest BCUT2D eigenvalue weighted by Crippen LogP contribution is 2.24. The number of sulfone groups is 1. The maximum Gasteiger partial charge on any atom is 0.164 e. The van der Waals surface area contributed by atoms with E-state index in [0.29, 0.717) is 19.5 Å². The lowest BCUT2D eigenvalue weighted by Crippen LogP contribution is -3.14. The number of quaternary nitrogens is 1. The second-order valence-corrected chi connectivity index (χ2v) is 11.2. The van der Waals surface area contributed by atoms with Gasteiger partial charge in [-0.2, -0.15) is 0 Å². The van der Waals surface area contributed by atoms with E-state index in [-0.39, 0.29) is 17.3 Å². The molecule has 1 saturated heterocycles. The summed E-state index contributed by atoms with van der Waals surface area (Å²) in [4.78, 5) is 13.7. The summed E-state index contributed by atoms with van der Waals surface area (Å²) in [5.41, 5.74) is 0.813. The zero-order valence-corrected chi connectivity index (χ0v) is 19.2. The van der Waals surface area contributed by atoms with Gasteiger partial charge in [0.25, 0.3) is 0 Å². The van der Waals surface area contributed by atoms with Gasteiger partial charge in [0, 0.05) is 29.1 Å². The van der Waals surface area contributed by atoms with E-state index in [1.54, 1.807) is 0 Å². The van der Waals surface area contributed by atoms with Crippen LogP contribution in [0.3, 0.4) is 0 Å². The molecule has 0 aliphatic carbocycles. The topological polar surface area (TPSA) is 55.6 Å². The van der Waals surface area contributed by atoms with Crippen molar-refractivity contribution in [2.45, 2.75) is 12.8 Å². The molecular formula is C14H17I3NO3S+. The SMILES string of the molecule is O=C(CCC[NH+]1CCS(=O)(=O)CC1)c1cc(I)cc(I)c1I. The van der Waals surface area contributed by atoms with Gasteiger partial charge in [-0.25, -0.2) is 8.42 Å². The van der Waals surface area contributed by atoms with Gasteiger partial charge in [-0.05, 0) is 79.9 Å². The van der Waals surface area contributed by atoms with Gasteiger partial charge in [0.2, 0.25) is 0 Å². The van der Waals surface area contributed by atoms with E-state index >= 15 is 0 Å². The number of hydrogen-bond acceptors (Lipinski definition) is 3. The average molecular weight is 660 g/mol. The third kappa shape index (κ3) is 5.52. The zero-order chi connectivity index (χ0) is 16.3. The molecule has 0 amide bonds. The summed E-state index contributed by atoms with van der Waals surface area (Å²) in [6.45, 7) is 2.23. The van der Waals surface area contributed by atoms with E-state index in [2.05, 4.69) is 73.8 Å². The highest BCUT2D eigenvalue weighted by atomic mass is 127. The first-order valence-electron chi connectivity index (χ1n) is 7.00. The normalized spacial score (nSPS) is 18.3. The molecule has 8 heteroatoms. The predicted octanol–water partition coefficient (Wildman–Crippen LogP) is 1.78. The highest BCUT2D eigenvalue weighted by molar-refractivity contribution is 14.1. The van der Waals surface area contributed by atoms with Crippen molar-refractivity contribution in [1.29, 1.82) is 0 Å². The van der Waals surface area contributed by atoms with E-state index in [9.17, 15) is 13.2 Å². The first kappa shape index (κ1) is 19.3. The van der Waals surface area contributed by atoms with Gasteiger partial charge in [-0.1, -0.05) is 0 Å². The summed E-state index contributed by atoms with van der Waals surface area (Å²) in [5.74, 6) is 0.747. The molecule has 2 rings (SSSR count). The fourth-order valence-electron chi connectivity index (χ4n) is 2.47. The molecule has 1 N–H and O–H groups in total. The van der Waals surface area contributed by atoms with E-state index < -0.39 is 9.84 Å².